The van der Waals surface area contributed by atoms with Crippen molar-refractivity contribution in [2.24, 2.45) is 18.7 Å². The van der Waals surface area contributed by atoms with Crippen molar-refractivity contribution in [2.75, 3.05) is 13.1 Å². The van der Waals surface area contributed by atoms with Gasteiger partial charge in [-0.05, 0) is 48.7 Å². The first-order valence-corrected chi connectivity index (χ1v) is 6.94. The molecule has 0 bridgehead atoms. The molecule has 4 nitrogen and oxygen atoms in total. The van der Waals surface area contributed by atoms with Gasteiger partial charge >= 0.3 is 0 Å². The van der Waals surface area contributed by atoms with E-state index in [1.807, 2.05) is 18.7 Å². The normalized spacial score (nSPS) is 25.7. The molecule has 0 amide bonds. The molecule has 0 aromatic carbocycles. The average molecular weight is 301 g/mol. The summed E-state index contributed by atoms with van der Waals surface area (Å²) < 4.78 is 3.12. The fourth-order valence-corrected chi connectivity index (χ4v) is 3.11. The van der Waals surface area contributed by atoms with Crippen molar-refractivity contribution >= 4 is 15.9 Å². The van der Waals surface area contributed by atoms with Gasteiger partial charge in [-0.15, -0.1) is 0 Å². The van der Waals surface area contributed by atoms with Crippen LogP contribution in [0.15, 0.2) is 4.47 Å². The van der Waals surface area contributed by atoms with Crippen LogP contribution in [0.5, 0.6) is 0 Å². The Labute approximate surface area is 111 Å². The first-order valence-electron chi connectivity index (χ1n) is 6.15. The first kappa shape index (κ1) is 13.1. The van der Waals surface area contributed by atoms with E-state index in [4.69, 9.17) is 5.73 Å². The van der Waals surface area contributed by atoms with Crippen LogP contribution in [-0.4, -0.2) is 33.8 Å². The molecular weight excluding hydrogens is 280 g/mol. The lowest BCUT2D eigenvalue weighted by Gasteiger charge is -2.21. The van der Waals surface area contributed by atoms with Gasteiger partial charge in [-0.3, -0.25) is 9.58 Å². The zero-order valence-corrected chi connectivity index (χ0v) is 12.4. The molecule has 0 aliphatic carbocycles. The molecule has 1 aliphatic rings. The van der Waals surface area contributed by atoms with Crippen LogP contribution in [0.2, 0.25) is 0 Å². The predicted molar refractivity (Wildman–Crippen MR) is 72.7 cm³/mol. The van der Waals surface area contributed by atoms with Gasteiger partial charge in [-0.25, -0.2) is 0 Å². The topological polar surface area (TPSA) is 47.1 Å². The van der Waals surface area contributed by atoms with E-state index in [1.165, 1.54) is 12.1 Å². The summed E-state index contributed by atoms with van der Waals surface area (Å²) in [5.74, 6) is 0.651. The third-order valence-corrected chi connectivity index (χ3v) is 4.77. The van der Waals surface area contributed by atoms with Gasteiger partial charge in [0.25, 0.3) is 0 Å². The first-order chi connectivity index (χ1) is 8.02. The summed E-state index contributed by atoms with van der Waals surface area (Å²) in [5, 5.41) is 4.44. The second kappa shape index (κ2) is 5.08. The summed E-state index contributed by atoms with van der Waals surface area (Å²) in [4.78, 5) is 2.50. The predicted octanol–water partition coefficient (Wildman–Crippen LogP) is 1.66. The van der Waals surface area contributed by atoms with Crippen molar-refractivity contribution in [1.82, 2.24) is 14.7 Å². The summed E-state index contributed by atoms with van der Waals surface area (Å²) >= 11 is 3.63. The lowest BCUT2D eigenvalue weighted by atomic mass is 10.1. The smallest absolute Gasteiger partial charge is 0.0739 e. The highest BCUT2D eigenvalue weighted by atomic mass is 79.9. The van der Waals surface area contributed by atoms with Gasteiger partial charge in [0, 0.05) is 26.2 Å². The van der Waals surface area contributed by atoms with Gasteiger partial charge in [-0.1, -0.05) is 0 Å². The van der Waals surface area contributed by atoms with E-state index in [-0.39, 0.29) is 0 Å². The Balaban J connectivity index is 2.11. The zero-order chi connectivity index (χ0) is 12.6. The summed E-state index contributed by atoms with van der Waals surface area (Å²) in [6.07, 6.45) is 1.21. The lowest BCUT2D eigenvalue weighted by Crippen LogP contribution is -2.28. The molecule has 0 radical (unpaired) electrons. The minimum Gasteiger partial charge on any atom is -0.330 e. The number of nitrogens with zero attached hydrogens (tertiary/aromatic N) is 3. The van der Waals surface area contributed by atoms with Crippen LogP contribution in [-0.2, 0) is 13.6 Å². The van der Waals surface area contributed by atoms with Crippen LogP contribution in [0, 0.1) is 12.8 Å². The molecule has 1 aromatic heterocycles. The molecule has 0 spiro atoms. The van der Waals surface area contributed by atoms with E-state index in [0.29, 0.717) is 12.0 Å². The quantitative estimate of drug-likeness (QED) is 0.923. The summed E-state index contributed by atoms with van der Waals surface area (Å²) in [5.41, 5.74) is 8.08. The number of hydrogen-bond donors (Lipinski definition) is 1. The minimum absolute atomic E-state index is 0.616. The molecule has 17 heavy (non-hydrogen) atoms. The Kier molecular flexibility index (Phi) is 3.90. The molecule has 2 atom stereocenters. The Morgan fingerprint density at radius 1 is 1.53 bits per heavy atom. The van der Waals surface area contributed by atoms with Gasteiger partial charge in [-0.2, -0.15) is 5.10 Å². The van der Waals surface area contributed by atoms with Crippen LogP contribution in [0.3, 0.4) is 0 Å². The number of likely N-dealkylation sites (tertiary alicyclic amines) is 1. The molecule has 2 rings (SSSR count). The Morgan fingerprint density at radius 2 is 2.24 bits per heavy atom. The Morgan fingerprint density at radius 3 is 2.71 bits per heavy atom. The lowest BCUT2D eigenvalue weighted by molar-refractivity contribution is 0.248. The summed E-state index contributed by atoms with van der Waals surface area (Å²) in [7, 11) is 2.01. The molecule has 2 heterocycles. The van der Waals surface area contributed by atoms with E-state index in [0.717, 1.165) is 29.8 Å². The molecule has 1 aliphatic heterocycles. The summed E-state index contributed by atoms with van der Waals surface area (Å²) in [6, 6.07) is 0.616. The van der Waals surface area contributed by atoms with Crippen LogP contribution in [0.1, 0.15) is 24.7 Å². The van der Waals surface area contributed by atoms with Crippen LogP contribution in [0.4, 0.5) is 0 Å². The fraction of sp³-hybridized carbons (Fsp3) is 0.750. The van der Waals surface area contributed by atoms with E-state index in [9.17, 15) is 0 Å². The zero-order valence-electron chi connectivity index (χ0n) is 10.8. The maximum atomic E-state index is 5.76. The van der Waals surface area contributed by atoms with Gasteiger partial charge in [0.15, 0.2) is 0 Å². The maximum Gasteiger partial charge on any atom is 0.0739 e. The highest BCUT2D eigenvalue weighted by Crippen LogP contribution is 2.27. The second-order valence-corrected chi connectivity index (χ2v) is 5.88. The average Bonchev–Trinajstić information content (AvgIpc) is 2.75. The number of halogens is 1. The Bertz CT molecular complexity index is 401. The van der Waals surface area contributed by atoms with Crippen molar-refractivity contribution in [3.05, 3.63) is 15.9 Å². The van der Waals surface area contributed by atoms with Crippen molar-refractivity contribution in [2.45, 2.75) is 32.9 Å². The van der Waals surface area contributed by atoms with E-state index in [1.54, 1.807) is 0 Å². The minimum atomic E-state index is 0.616. The van der Waals surface area contributed by atoms with Crippen molar-refractivity contribution < 1.29 is 0 Å². The standard InChI is InChI=1S/C12H21BrN4/c1-8-4-10(5-14)6-17(8)7-11-12(13)9(2)15-16(11)3/h8,10H,4-7,14H2,1-3H3. The van der Waals surface area contributed by atoms with Crippen LogP contribution >= 0.6 is 15.9 Å². The fourth-order valence-electron chi connectivity index (χ4n) is 2.65. The summed E-state index contributed by atoms with van der Waals surface area (Å²) in [6.45, 7) is 7.17. The number of hydrogen-bond acceptors (Lipinski definition) is 3. The molecule has 5 heteroatoms. The highest BCUT2D eigenvalue weighted by Gasteiger charge is 2.29. The van der Waals surface area contributed by atoms with Gasteiger partial charge in [0.1, 0.15) is 0 Å². The largest absolute Gasteiger partial charge is 0.330 e. The SMILES string of the molecule is Cc1nn(C)c(CN2CC(CN)CC2C)c1Br. The number of nitrogens with two attached hydrogens (primary N) is 1. The molecule has 2 unspecified atom stereocenters. The van der Waals surface area contributed by atoms with Crippen molar-refractivity contribution in [3.8, 4) is 0 Å². The molecular formula is C12H21BrN4. The van der Waals surface area contributed by atoms with E-state index >= 15 is 0 Å². The molecule has 0 saturated carbocycles. The molecule has 2 N–H and O–H groups in total. The number of aromatic nitrogens is 2. The Hall–Kier alpha value is -0.390. The molecule has 1 saturated heterocycles. The van der Waals surface area contributed by atoms with Gasteiger partial charge < -0.3 is 5.73 Å². The number of rotatable bonds is 3. The van der Waals surface area contributed by atoms with Crippen LogP contribution in [0.25, 0.3) is 0 Å². The number of aryl methyl sites for hydroxylation is 2. The highest BCUT2D eigenvalue weighted by molar-refractivity contribution is 9.10. The third-order valence-electron chi connectivity index (χ3n) is 3.74. The van der Waals surface area contributed by atoms with Gasteiger partial charge in [0.05, 0.1) is 15.9 Å². The molecule has 1 fully saturated rings. The van der Waals surface area contributed by atoms with Crippen molar-refractivity contribution in [3.63, 3.8) is 0 Å². The molecule has 96 valence electrons. The van der Waals surface area contributed by atoms with E-state index in [2.05, 4.69) is 32.9 Å². The van der Waals surface area contributed by atoms with Gasteiger partial charge in [0.2, 0.25) is 0 Å². The third kappa shape index (κ3) is 2.56. The monoisotopic (exact) mass is 300 g/mol. The molecule has 1 aromatic rings. The second-order valence-electron chi connectivity index (χ2n) is 5.09. The maximum absolute atomic E-state index is 5.76. The van der Waals surface area contributed by atoms with E-state index < -0.39 is 0 Å². The van der Waals surface area contributed by atoms with Crippen LogP contribution < -0.4 is 5.73 Å². The van der Waals surface area contributed by atoms with Crippen molar-refractivity contribution in [1.29, 1.82) is 0 Å².